The van der Waals surface area contributed by atoms with Crippen LogP contribution >= 0.6 is 0 Å². The molecule has 2 heterocycles. The lowest BCUT2D eigenvalue weighted by molar-refractivity contribution is -0.121. The molecule has 174 valence electrons. The van der Waals surface area contributed by atoms with Crippen LogP contribution in [0.5, 0.6) is 0 Å². The van der Waals surface area contributed by atoms with Crippen molar-refractivity contribution in [1.29, 1.82) is 0 Å². The number of carbonyl (C=O) groups is 2. The number of primary amides is 1. The average molecular weight is 469 g/mol. The van der Waals surface area contributed by atoms with Crippen molar-refractivity contribution in [2.45, 2.75) is 49.2 Å². The van der Waals surface area contributed by atoms with Gasteiger partial charge in [-0.25, -0.2) is 8.42 Å². The molecule has 33 heavy (non-hydrogen) atoms. The largest absolute Gasteiger partial charge is 0.361 e. The van der Waals surface area contributed by atoms with Gasteiger partial charge in [-0.15, -0.1) is 0 Å². The maximum atomic E-state index is 13.2. The molecule has 2 aromatic heterocycles. The standard InChI is InChI=1S/C24H28N4O4S/c25-23(30)33(31,32)20(14-17-15-27-19-9-3-2-8-18(17)19)22(29)28-16-24(11-5-1-6-12-24)21-10-4-7-13-26-21/h2-4,7-10,13,15,20,27H,1,5-6,11-12,14,16H2,(H2,25,30)(H,28,29). The fourth-order valence-electron chi connectivity index (χ4n) is 4.78. The van der Waals surface area contributed by atoms with Crippen molar-refractivity contribution < 1.29 is 18.0 Å². The van der Waals surface area contributed by atoms with Gasteiger partial charge in [0, 0.05) is 47.4 Å². The van der Waals surface area contributed by atoms with Gasteiger partial charge < -0.3 is 16.0 Å². The van der Waals surface area contributed by atoms with E-state index >= 15 is 0 Å². The Labute approximate surface area is 192 Å². The van der Waals surface area contributed by atoms with Gasteiger partial charge in [-0.3, -0.25) is 14.6 Å². The number of aromatic amines is 1. The summed E-state index contributed by atoms with van der Waals surface area (Å²) in [6.07, 6.45) is 8.05. The highest BCUT2D eigenvalue weighted by Gasteiger charge is 2.40. The van der Waals surface area contributed by atoms with Crippen LogP contribution in [-0.2, 0) is 26.5 Å². The number of sulfone groups is 1. The minimum Gasteiger partial charge on any atom is -0.361 e. The fraction of sp³-hybridized carbons (Fsp3) is 0.375. The quantitative estimate of drug-likeness (QED) is 0.490. The summed E-state index contributed by atoms with van der Waals surface area (Å²) in [6, 6.07) is 13.1. The molecule has 0 radical (unpaired) electrons. The molecule has 3 aromatic rings. The Hall–Kier alpha value is -3.20. The Bertz CT molecular complexity index is 1250. The normalized spacial score (nSPS) is 16.8. The first-order valence-electron chi connectivity index (χ1n) is 11.1. The molecule has 1 saturated carbocycles. The summed E-state index contributed by atoms with van der Waals surface area (Å²) in [5.74, 6) is -0.722. The maximum Gasteiger partial charge on any atom is 0.334 e. The molecule has 1 aliphatic carbocycles. The van der Waals surface area contributed by atoms with Gasteiger partial charge in [0.1, 0.15) is 0 Å². The van der Waals surface area contributed by atoms with E-state index in [0.717, 1.165) is 48.7 Å². The van der Waals surface area contributed by atoms with E-state index < -0.39 is 26.2 Å². The first-order chi connectivity index (χ1) is 15.8. The zero-order chi connectivity index (χ0) is 23.5. The highest BCUT2D eigenvalue weighted by molar-refractivity contribution is 8.07. The Balaban J connectivity index is 1.60. The lowest BCUT2D eigenvalue weighted by Gasteiger charge is -2.37. The number of amides is 2. The smallest absolute Gasteiger partial charge is 0.334 e. The average Bonchev–Trinajstić information content (AvgIpc) is 3.25. The summed E-state index contributed by atoms with van der Waals surface area (Å²) < 4.78 is 25.6. The molecule has 0 bridgehead atoms. The topological polar surface area (TPSA) is 135 Å². The number of benzene rings is 1. The summed E-state index contributed by atoms with van der Waals surface area (Å²) in [5.41, 5.74) is 7.15. The molecule has 1 fully saturated rings. The van der Waals surface area contributed by atoms with Gasteiger partial charge in [0.2, 0.25) is 15.7 Å². The number of H-pyrrole nitrogens is 1. The van der Waals surface area contributed by atoms with Crippen LogP contribution in [0.25, 0.3) is 10.9 Å². The molecule has 1 aromatic carbocycles. The molecular weight excluding hydrogens is 440 g/mol. The van der Waals surface area contributed by atoms with Crippen LogP contribution in [0, 0.1) is 0 Å². The summed E-state index contributed by atoms with van der Waals surface area (Å²) in [6.45, 7) is 0.252. The van der Waals surface area contributed by atoms with Crippen LogP contribution < -0.4 is 11.1 Å². The number of rotatable bonds is 7. The Morgan fingerprint density at radius 1 is 1.09 bits per heavy atom. The minimum atomic E-state index is -4.52. The van der Waals surface area contributed by atoms with Crippen molar-refractivity contribution in [3.05, 3.63) is 66.1 Å². The van der Waals surface area contributed by atoms with Crippen molar-refractivity contribution in [1.82, 2.24) is 15.3 Å². The number of aromatic nitrogens is 2. The second-order valence-electron chi connectivity index (χ2n) is 8.69. The Kier molecular flexibility index (Phi) is 6.51. The summed E-state index contributed by atoms with van der Waals surface area (Å²) in [4.78, 5) is 32.6. The number of nitrogens with one attached hydrogen (secondary N) is 2. The third-order valence-corrected chi connectivity index (χ3v) is 8.34. The molecule has 8 nitrogen and oxygen atoms in total. The number of hydrogen-bond donors (Lipinski definition) is 3. The van der Waals surface area contributed by atoms with Crippen LogP contribution in [0.15, 0.2) is 54.9 Å². The van der Waals surface area contributed by atoms with E-state index in [4.69, 9.17) is 5.73 Å². The molecule has 9 heteroatoms. The van der Waals surface area contributed by atoms with Crippen LogP contribution in [0.1, 0.15) is 43.4 Å². The second kappa shape index (κ2) is 9.35. The van der Waals surface area contributed by atoms with Gasteiger partial charge in [0.25, 0.3) is 0 Å². The van der Waals surface area contributed by atoms with Gasteiger partial charge in [-0.05, 0) is 36.6 Å². The summed E-state index contributed by atoms with van der Waals surface area (Å²) in [7, 11) is -4.52. The SMILES string of the molecule is NC(=O)S(=O)(=O)C(Cc1c[nH]c2ccccc12)C(=O)NCC1(c2ccccn2)CCCCC1. The second-order valence-corrected chi connectivity index (χ2v) is 10.8. The van der Waals surface area contributed by atoms with E-state index in [1.165, 1.54) is 0 Å². The zero-order valence-corrected chi connectivity index (χ0v) is 19.1. The molecule has 4 rings (SSSR count). The van der Waals surface area contributed by atoms with Gasteiger partial charge in [0.15, 0.2) is 5.25 Å². The number of pyridine rings is 1. The molecule has 0 spiro atoms. The summed E-state index contributed by atoms with van der Waals surface area (Å²) >= 11 is 0. The predicted molar refractivity (Wildman–Crippen MR) is 126 cm³/mol. The van der Waals surface area contributed by atoms with Crippen molar-refractivity contribution in [2.24, 2.45) is 5.73 Å². The lowest BCUT2D eigenvalue weighted by atomic mass is 9.71. The van der Waals surface area contributed by atoms with Crippen LogP contribution in [0.2, 0.25) is 0 Å². The van der Waals surface area contributed by atoms with Crippen molar-refractivity contribution >= 4 is 31.9 Å². The Morgan fingerprint density at radius 2 is 1.82 bits per heavy atom. The highest BCUT2D eigenvalue weighted by Crippen LogP contribution is 2.38. The minimum absolute atomic E-state index is 0.155. The predicted octanol–water partition coefficient (Wildman–Crippen LogP) is 2.99. The van der Waals surface area contributed by atoms with E-state index in [1.807, 2.05) is 42.5 Å². The number of fused-ring (bicyclic) bond motifs is 1. The number of para-hydroxylation sites is 1. The van der Waals surface area contributed by atoms with Crippen molar-refractivity contribution in [3.8, 4) is 0 Å². The Morgan fingerprint density at radius 3 is 2.52 bits per heavy atom. The molecule has 1 atom stereocenters. The lowest BCUT2D eigenvalue weighted by Crippen LogP contribution is -2.50. The fourth-order valence-corrected chi connectivity index (χ4v) is 5.83. The van der Waals surface area contributed by atoms with E-state index in [1.54, 1.807) is 12.4 Å². The van der Waals surface area contributed by atoms with Crippen LogP contribution in [0.4, 0.5) is 4.79 Å². The first-order valence-corrected chi connectivity index (χ1v) is 12.7. The monoisotopic (exact) mass is 468 g/mol. The summed E-state index contributed by atoms with van der Waals surface area (Å²) in [5, 5.41) is 0.523. The van der Waals surface area contributed by atoms with E-state index in [0.29, 0.717) is 5.56 Å². The van der Waals surface area contributed by atoms with E-state index in [9.17, 15) is 18.0 Å². The number of nitrogens with zero attached hydrogens (tertiary/aromatic N) is 1. The third-order valence-electron chi connectivity index (χ3n) is 6.65. The molecule has 0 saturated heterocycles. The molecule has 0 aliphatic heterocycles. The van der Waals surface area contributed by atoms with Gasteiger partial charge in [-0.1, -0.05) is 43.5 Å². The van der Waals surface area contributed by atoms with Crippen LogP contribution in [-0.4, -0.2) is 41.3 Å². The van der Waals surface area contributed by atoms with Gasteiger partial charge in [0.05, 0.1) is 0 Å². The zero-order valence-electron chi connectivity index (χ0n) is 18.3. The van der Waals surface area contributed by atoms with Crippen molar-refractivity contribution in [2.75, 3.05) is 6.54 Å². The molecular formula is C24H28N4O4S. The first kappa shape index (κ1) is 23.0. The molecule has 4 N–H and O–H groups in total. The molecule has 1 unspecified atom stereocenters. The number of hydrogen-bond acceptors (Lipinski definition) is 5. The number of nitrogens with two attached hydrogens (primary N) is 1. The van der Waals surface area contributed by atoms with Gasteiger partial charge in [-0.2, -0.15) is 0 Å². The molecule has 2 amide bonds. The van der Waals surface area contributed by atoms with E-state index in [-0.39, 0.29) is 18.4 Å². The highest BCUT2D eigenvalue weighted by atomic mass is 32.2. The van der Waals surface area contributed by atoms with E-state index in [2.05, 4.69) is 15.3 Å². The third kappa shape index (κ3) is 4.64. The maximum absolute atomic E-state index is 13.2. The van der Waals surface area contributed by atoms with Crippen molar-refractivity contribution in [3.63, 3.8) is 0 Å². The van der Waals surface area contributed by atoms with Crippen LogP contribution in [0.3, 0.4) is 0 Å². The number of carbonyl (C=O) groups excluding carboxylic acids is 2. The van der Waals surface area contributed by atoms with Gasteiger partial charge >= 0.3 is 5.24 Å². The molecule has 1 aliphatic rings.